The van der Waals surface area contributed by atoms with E-state index in [9.17, 15) is 4.79 Å². The van der Waals surface area contributed by atoms with Crippen molar-refractivity contribution in [2.75, 3.05) is 26.9 Å². The maximum atomic E-state index is 11.8. The molecule has 0 bridgehead atoms. The van der Waals surface area contributed by atoms with Crippen molar-refractivity contribution in [3.63, 3.8) is 0 Å². The molecule has 1 rings (SSSR count). The molecule has 0 radical (unpaired) electrons. The minimum absolute atomic E-state index is 0.0485. The summed E-state index contributed by atoms with van der Waals surface area (Å²) in [6.45, 7) is 5.41. The maximum Gasteiger partial charge on any atom is 0.328 e. The smallest absolute Gasteiger partial charge is 0.328 e. The first kappa shape index (κ1) is 14.0. The molecular weight excluding hydrogens is 220 g/mol. The van der Waals surface area contributed by atoms with Gasteiger partial charge in [0.25, 0.3) is 0 Å². The molecule has 0 aliphatic heterocycles. The Kier molecular flexibility index (Phi) is 6.65. The Morgan fingerprint density at radius 1 is 1.12 bits per heavy atom. The Morgan fingerprint density at radius 2 is 1.82 bits per heavy atom. The topological polar surface area (TPSA) is 45.4 Å². The van der Waals surface area contributed by atoms with E-state index in [0.29, 0.717) is 26.4 Å². The summed E-state index contributed by atoms with van der Waals surface area (Å²) in [6, 6.07) is 0. The highest BCUT2D eigenvalue weighted by atomic mass is 16.5. The van der Waals surface area contributed by atoms with Gasteiger partial charge in [0.2, 0.25) is 0 Å². The second-order valence-electron chi connectivity index (χ2n) is 3.93. The molecule has 0 saturated carbocycles. The molecular formula is C12H22N2O3. The number of aromatic nitrogens is 2. The standard InChI is InChI=1S/C12H22N2O3/c1-3-5-13-6-7-14(12(13)15)8-11-17-10-4-9-16-2/h6-7H,3-5,8-11H2,1-2H3. The first-order valence-corrected chi connectivity index (χ1v) is 6.11. The van der Waals surface area contributed by atoms with E-state index >= 15 is 0 Å². The van der Waals surface area contributed by atoms with Gasteiger partial charge in [0.15, 0.2) is 0 Å². The fourth-order valence-electron chi connectivity index (χ4n) is 1.61. The number of methoxy groups -OCH3 is 1. The molecule has 0 aliphatic rings. The lowest BCUT2D eigenvalue weighted by Crippen LogP contribution is -2.25. The van der Waals surface area contributed by atoms with Crippen molar-refractivity contribution in [2.24, 2.45) is 0 Å². The Hall–Kier alpha value is -1.07. The van der Waals surface area contributed by atoms with E-state index in [1.165, 1.54) is 0 Å². The van der Waals surface area contributed by atoms with Crippen LogP contribution in [0.15, 0.2) is 17.2 Å². The second-order valence-corrected chi connectivity index (χ2v) is 3.93. The molecule has 1 aromatic rings. The summed E-state index contributed by atoms with van der Waals surface area (Å²) in [5.74, 6) is 0. The number of aryl methyl sites for hydroxylation is 1. The number of hydrogen-bond acceptors (Lipinski definition) is 3. The zero-order valence-electron chi connectivity index (χ0n) is 10.7. The van der Waals surface area contributed by atoms with Crippen LogP contribution in [0.3, 0.4) is 0 Å². The highest BCUT2D eigenvalue weighted by Crippen LogP contribution is 1.90. The number of imidazole rings is 1. The van der Waals surface area contributed by atoms with Crippen LogP contribution in [0.1, 0.15) is 19.8 Å². The summed E-state index contributed by atoms with van der Waals surface area (Å²) in [5.41, 5.74) is 0.0485. The normalized spacial score (nSPS) is 10.9. The minimum Gasteiger partial charge on any atom is -0.385 e. The Balaban J connectivity index is 2.25. The van der Waals surface area contributed by atoms with Crippen LogP contribution >= 0.6 is 0 Å². The Bertz CT molecular complexity index is 357. The van der Waals surface area contributed by atoms with Gasteiger partial charge in [0.05, 0.1) is 13.2 Å². The van der Waals surface area contributed by atoms with Crippen LogP contribution in [-0.4, -0.2) is 36.1 Å². The van der Waals surface area contributed by atoms with Gasteiger partial charge in [-0.15, -0.1) is 0 Å². The molecule has 0 atom stereocenters. The molecule has 0 spiro atoms. The number of ether oxygens (including phenoxy) is 2. The van der Waals surface area contributed by atoms with Crippen LogP contribution in [-0.2, 0) is 22.6 Å². The van der Waals surface area contributed by atoms with Gasteiger partial charge in [-0.3, -0.25) is 9.13 Å². The molecule has 0 fully saturated rings. The number of nitrogens with zero attached hydrogens (tertiary/aromatic N) is 2. The third-order valence-corrected chi connectivity index (χ3v) is 2.50. The lowest BCUT2D eigenvalue weighted by Gasteiger charge is -2.04. The van der Waals surface area contributed by atoms with Crippen molar-refractivity contribution in [2.45, 2.75) is 32.9 Å². The molecule has 0 aliphatic carbocycles. The quantitative estimate of drug-likeness (QED) is 0.609. The van der Waals surface area contributed by atoms with E-state index in [2.05, 4.69) is 6.92 Å². The maximum absolute atomic E-state index is 11.8. The molecule has 17 heavy (non-hydrogen) atoms. The van der Waals surface area contributed by atoms with Gasteiger partial charge in [0, 0.05) is 39.3 Å². The Morgan fingerprint density at radius 3 is 2.47 bits per heavy atom. The highest BCUT2D eigenvalue weighted by Gasteiger charge is 2.01. The largest absolute Gasteiger partial charge is 0.385 e. The SMILES string of the molecule is CCCn1ccn(CCOCCCOC)c1=O. The van der Waals surface area contributed by atoms with E-state index in [-0.39, 0.29) is 5.69 Å². The lowest BCUT2D eigenvalue weighted by molar-refractivity contribution is 0.0972. The summed E-state index contributed by atoms with van der Waals surface area (Å²) < 4.78 is 13.7. The van der Waals surface area contributed by atoms with Crippen molar-refractivity contribution in [3.05, 3.63) is 22.9 Å². The van der Waals surface area contributed by atoms with Gasteiger partial charge in [-0.2, -0.15) is 0 Å². The van der Waals surface area contributed by atoms with Crippen LogP contribution in [0.5, 0.6) is 0 Å². The fraction of sp³-hybridized carbons (Fsp3) is 0.750. The van der Waals surface area contributed by atoms with Gasteiger partial charge in [0.1, 0.15) is 0 Å². The van der Waals surface area contributed by atoms with E-state index in [4.69, 9.17) is 9.47 Å². The van der Waals surface area contributed by atoms with Crippen LogP contribution in [0.4, 0.5) is 0 Å². The summed E-state index contributed by atoms with van der Waals surface area (Å²) in [6.07, 6.45) is 5.51. The third-order valence-electron chi connectivity index (χ3n) is 2.50. The van der Waals surface area contributed by atoms with E-state index < -0.39 is 0 Å². The molecule has 0 aromatic carbocycles. The monoisotopic (exact) mass is 242 g/mol. The van der Waals surface area contributed by atoms with Crippen molar-refractivity contribution in [1.29, 1.82) is 0 Å². The van der Waals surface area contributed by atoms with Gasteiger partial charge in [-0.1, -0.05) is 6.92 Å². The summed E-state index contributed by atoms with van der Waals surface area (Å²) in [7, 11) is 1.68. The summed E-state index contributed by atoms with van der Waals surface area (Å²) >= 11 is 0. The number of hydrogen-bond donors (Lipinski definition) is 0. The second kappa shape index (κ2) is 8.08. The highest BCUT2D eigenvalue weighted by molar-refractivity contribution is 4.81. The minimum atomic E-state index is 0.0485. The third kappa shape index (κ3) is 4.75. The molecule has 0 N–H and O–H groups in total. The van der Waals surface area contributed by atoms with Crippen LogP contribution < -0.4 is 5.69 Å². The van der Waals surface area contributed by atoms with Crippen LogP contribution in [0, 0.1) is 0 Å². The first-order valence-electron chi connectivity index (χ1n) is 6.11. The molecule has 1 aromatic heterocycles. The van der Waals surface area contributed by atoms with Crippen molar-refractivity contribution in [1.82, 2.24) is 9.13 Å². The van der Waals surface area contributed by atoms with Gasteiger partial charge in [-0.05, 0) is 12.8 Å². The molecule has 1 heterocycles. The first-order chi connectivity index (χ1) is 8.29. The van der Waals surface area contributed by atoms with Gasteiger partial charge < -0.3 is 9.47 Å². The fourth-order valence-corrected chi connectivity index (χ4v) is 1.61. The molecule has 5 heteroatoms. The van der Waals surface area contributed by atoms with Gasteiger partial charge in [-0.25, -0.2) is 4.79 Å². The van der Waals surface area contributed by atoms with E-state index in [1.807, 2.05) is 12.4 Å². The molecule has 0 unspecified atom stereocenters. The average Bonchev–Trinajstić information content (AvgIpc) is 2.67. The summed E-state index contributed by atoms with van der Waals surface area (Å²) in [5, 5.41) is 0. The Labute approximate surface area is 102 Å². The van der Waals surface area contributed by atoms with Crippen molar-refractivity contribution < 1.29 is 9.47 Å². The van der Waals surface area contributed by atoms with Crippen LogP contribution in [0.25, 0.3) is 0 Å². The zero-order valence-corrected chi connectivity index (χ0v) is 10.7. The van der Waals surface area contributed by atoms with E-state index in [0.717, 1.165) is 19.4 Å². The summed E-state index contributed by atoms with van der Waals surface area (Å²) in [4.78, 5) is 11.8. The zero-order chi connectivity index (χ0) is 12.5. The van der Waals surface area contributed by atoms with Crippen molar-refractivity contribution >= 4 is 0 Å². The predicted molar refractivity (Wildman–Crippen MR) is 66.3 cm³/mol. The lowest BCUT2D eigenvalue weighted by atomic mass is 10.5. The number of rotatable bonds is 9. The van der Waals surface area contributed by atoms with E-state index in [1.54, 1.807) is 16.2 Å². The molecule has 0 saturated heterocycles. The molecule has 5 nitrogen and oxygen atoms in total. The van der Waals surface area contributed by atoms with Gasteiger partial charge >= 0.3 is 5.69 Å². The predicted octanol–water partition coefficient (Wildman–Crippen LogP) is 1.11. The molecule has 0 amide bonds. The van der Waals surface area contributed by atoms with Crippen LogP contribution in [0.2, 0.25) is 0 Å². The molecule has 98 valence electrons. The van der Waals surface area contributed by atoms with Crippen molar-refractivity contribution in [3.8, 4) is 0 Å². The average molecular weight is 242 g/mol.